The average Bonchev–Trinajstić information content (AvgIpc) is 2.87. The fraction of sp³-hybridized carbons (Fsp3) is 1.00. The largest absolute Gasteiger partial charge is 0.389 e. The zero-order valence-electron chi connectivity index (χ0n) is 15.1. The Kier molecular flexibility index (Phi) is 12.9. The molecule has 138 valence electrons. The van der Waals surface area contributed by atoms with E-state index in [9.17, 15) is 10.2 Å². The molecule has 0 aliphatic carbocycles. The fourth-order valence-electron chi connectivity index (χ4n) is 3.19. The highest BCUT2D eigenvalue weighted by Crippen LogP contribution is 2.12. The highest BCUT2D eigenvalue weighted by atomic mass is 16.5. The maximum absolute atomic E-state index is 9.67. The normalized spacial score (nSPS) is 24.4. The zero-order chi connectivity index (χ0) is 16.8. The Bertz CT molecular complexity index is 263. The van der Waals surface area contributed by atoms with E-state index >= 15 is 0 Å². The molecule has 1 aliphatic rings. The molecule has 0 bridgehead atoms. The van der Waals surface area contributed by atoms with Crippen molar-refractivity contribution in [1.82, 2.24) is 5.32 Å². The molecule has 0 spiro atoms. The minimum atomic E-state index is -0.683. The van der Waals surface area contributed by atoms with Crippen molar-refractivity contribution in [3.05, 3.63) is 0 Å². The van der Waals surface area contributed by atoms with Crippen LogP contribution < -0.4 is 5.32 Å². The monoisotopic (exact) mass is 329 g/mol. The standard InChI is InChI=1S/C19H39NO3/c1-2-3-4-5-6-7-8-9-10-11-12-13-14-23-16-17-19(22)18(21)15-20-17/h17-22H,2-16H2,1H3/t17-,18+,19-/m1/s1. The van der Waals surface area contributed by atoms with Crippen molar-refractivity contribution in [1.29, 1.82) is 0 Å². The first-order valence-electron chi connectivity index (χ1n) is 9.93. The van der Waals surface area contributed by atoms with Gasteiger partial charge in [0.05, 0.1) is 24.9 Å². The summed E-state index contributed by atoms with van der Waals surface area (Å²) >= 11 is 0. The summed E-state index contributed by atoms with van der Waals surface area (Å²) in [6, 6.07) is -0.109. The Hall–Kier alpha value is -0.160. The minimum Gasteiger partial charge on any atom is -0.389 e. The Balaban J connectivity index is 1.73. The Morgan fingerprint density at radius 1 is 0.826 bits per heavy atom. The topological polar surface area (TPSA) is 61.7 Å². The van der Waals surface area contributed by atoms with Gasteiger partial charge in [0.1, 0.15) is 0 Å². The van der Waals surface area contributed by atoms with Crippen LogP contribution in [0.2, 0.25) is 0 Å². The quantitative estimate of drug-likeness (QED) is 0.403. The molecule has 0 unspecified atom stereocenters. The van der Waals surface area contributed by atoms with Gasteiger partial charge < -0.3 is 20.3 Å². The predicted molar refractivity (Wildman–Crippen MR) is 95.7 cm³/mol. The number of hydrogen-bond donors (Lipinski definition) is 3. The van der Waals surface area contributed by atoms with Crippen LogP contribution in [0.1, 0.15) is 84.0 Å². The van der Waals surface area contributed by atoms with Gasteiger partial charge in [0.15, 0.2) is 0 Å². The first kappa shape index (κ1) is 20.9. The molecule has 3 N–H and O–H groups in total. The predicted octanol–water partition coefficient (Wildman–Crippen LogP) is 3.40. The summed E-state index contributed by atoms with van der Waals surface area (Å²) in [5.74, 6) is 0. The van der Waals surface area contributed by atoms with Crippen LogP contribution >= 0.6 is 0 Å². The van der Waals surface area contributed by atoms with Crippen molar-refractivity contribution in [3.63, 3.8) is 0 Å². The summed E-state index contributed by atoms with van der Waals surface area (Å²) in [4.78, 5) is 0. The zero-order valence-corrected chi connectivity index (χ0v) is 15.1. The van der Waals surface area contributed by atoms with Crippen molar-refractivity contribution < 1.29 is 14.9 Å². The summed E-state index contributed by atoms with van der Waals surface area (Å²) in [6.07, 6.45) is 14.9. The number of hydrogen-bond acceptors (Lipinski definition) is 4. The molecule has 3 atom stereocenters. The van der Waals surface area contributed by atoms with E-state index in [1.165, 1.54) is 70.6 Å². The number of aliphatic hydroxyl groups is 2. The highest BCUT2D eigenvalue weighted by molar-refractivity contribution is 4.90. The Morgan fingerprint density at radius 2 is 1.35 bits per heavy atom. The fourth-order valence-corrected chi connectivity index (χ4v) is 3.19. The van der Waals surface area contributed by atoms with Crippen molar-refractivity contribution in [2.24, 2.45) is 0 Å². The van der Waals surface area contributed by atoms with Gasteiger partial charge in [-0.15, -0.1) is 0 Å². The molecule has 0 aromatic rings. The molecule has 23 heavy (non-hydrogen) atoms. The lowest BCUT2D eigenvalue weighted by Gasteiger charge is -2.15. The molecule has 0 aromatic heterocycles. The van der Waals surface area contributed by atoms with Crippen LogP contribution in [-0.4, -0.2) is 48.2 Å². The first-order valence-corrected chi connectivity index (χ1v) is 9.93. The van der Waals surface area contributed by atoms with Gasteiger partial charge in [-0.1, -0.05) is 77.6 Å². The van der Waals surface area contributed by atoms with E-state index < -0.39 is 12.2 Å². The molecule has 1 aliphatic heterocycles. The molecule has 4 heteroatoms. The number of rotatable bonds is 15. The van der Waals surface area contributed by atoms with E-state index in [0.29, 0.717) is 13.2 Å². The van der Waals surface area contributed by atoms with Gasteiger partial charge in [0.2, 0.25) is 0 Å². The second kappa shape index (κ2) is 14.2. The second-order valence-electron chi connectivity index (χ2n) is 7.04. The second-order valence-corrected chi connectivity index (χ2v) is 7.04. The van der Waals surface area contributed by atoms with Crippen LogP contribution in [0.15, 0.2) is 0 Å². The molecular weight excluding hydrogens is 290 g/mol. The van der Waals surface area contributed by atoms with Crippen molar-refractivity contribution in [2.45, 2.75) is 102 Å². The molecule has 1 heterocycles. The average molecular weight is 330 g/mol. The third-order valence-corrected chi connectivity index (χ3v) is 4.84. The van der Waals surface area contributed by atoms with E-state index in [-0.39, 0.29) is 6.04 Å². The van der Waals surface area contributed by atoms with Gasteiger partial charge >= 0.3 is 0 Å². The summed E-state index contributed by atoms with van der Waals surface area (Å²) in [5.41, 5.74) is 0. The third kappa shape index (κ3) is 10.3. The lowest BCUT2D eigenvalue weighted by atomic mass is 10.1. The van der Waals surface area contributed by atoms with Gasteiger partial charge in [0.25, 0.3) is 0 Å². The van der Waals surface area contributed by atoms with E-state index in [2.05, 4.69) is 12.2 Å². The van der Waals surface area contributed by atoms with E-state index in [0.717, 1.165) is 13.0 Å². The number of unbranched alkanes of at least 4 members (excludes halogenated alkanes) is 11. The molecule has 1 fully saturated rings. The van der Waals surface area contributed by atoms with Crippen molar-refractivity contribution in [3.8, 4) is 0 Å². The maximum Gasteiger partial charge on any atom is 0.0986 e. The molecule has 4 nitrogen and oxygen atoms in total. The number of ether oxygens (including phenoxy) is 1. The van der Waals surface area contributed by atoms with E-state index in [1.807, 2.05) is 0 Å². The SMILES string of the molecule is CCCCCCCCCCCCCCOC[C@H]1NC[C@H](O)[C@@H]1O. The molecule has 0 amide bonds. The first-order chi connectivity index (χ1) is 11.3. The summed E-state index contributed by atoms with van der Waals surface area (Å²) < 4.78 is 5.59. The van der Waals surface area contributed by atoms with Crippen LogP contribution in [0.3, 0.4) is 0 Å². The Labute approximate surface area is 143 Å². The minimum absolute atomic E-state index is 0.109. The molecular formula is C19H39NO3. The number of nitrogens with one attached hydrogen (secondary N) is 1. The molecule has 0 aromatic carbocycles. The van der Waals surface area contributed by atoms with E-state index in [4.69, 9.17) is 4.74 Å². The number of β-amino-alcohol motifs (C(OH)–C–C–N with tert-alkyl or cyclic N) is 1. The molecule has 1 saturated heterocycles. The van der Waals surface area contributed by atoms with Gasteiger partial charge in [-0.3, -0.25) is 0 Å². The lowest BCUT2D eigenvalue weighted by Crippen LogP contribution is -2.37. The van der Waals surface area contributed by atoms with Crippen LogP contribution in [-0.2, 0) is 4.74 Å². The smallest absolute Gasteiger partial charge is 0.0986 e. The van der Waals surface area contributed by atoms with Gasteiger partial charge in [0, 0.05) is 13.2 Å². The summed E-state index contributed by atoms with van der Waals surface area (Å²) in [7, 11) is 0. The van der Waals surface area contributed by atoms with Crippen molar-refractivity contribution in [2.75, 3.05) is 19.8 Å². The van der Waals surface area contributed by atoms with Crippen LogP contribution in [0, 0.1) is 0 Å². The maximum atomic E-state index is 9.67. The Morgan fingerprint density at radius 3 is 1.83 bits per heavy atom. The molecule has 1 rings (SSSR count). The highest BCUT2D eigenvalue weighted by Gasteiger charge is 2.32. The lowest BCUT2D eigenvalue weighted by molar-refractivity contribution is 0.0148. The third-order valence-electron chi connectivity index (χ3n) is 4.84. The van der Waals surface area contributed by atoms with Crippen LogP contribution in [0.25, 0.3) is 0 Å². The molecule has 0 saturated carbocycles. The summed E-state index contributed by atoms with van der Waals surface area (Å²) in [6.45, 7) is 3.99. The van der Waals surface area contributed by atoms with Gasteiger partial charge in [-0.2, -0.15) is 0 Å². The summed E-state index contributed by atoms with van der Waals surface area (Å²) in [5, 5.41) is 22.2. The molecule has 0 radical (unpaired) electrons. The van der Waals surface area contributed by atoms with Gasteiger partial charge in [-0.25, -0.2) is 0 Å². The number of aliphatic hydroxyl groups excluding tert-OH is 2. The van der Waals surface area contributed by atoms with Crippen molar-refractivity contribution >= 4 is 0 Å². The van der Waals surface area contributed by atoms with Gasteiger partial charge in [-0.05, 0) is 6.42 Å². The van der Waals surface area contributed by atoms with Crippen LogP contribution in [0.4, 0.5) is 0 Å². The van der Waals surface area contributed by atoms with Crippen LogP contribution in [0.5, 0.6) is 0 Å². The van der Waals surface area contributed by atoms with E-state index in [1.54, 1.807) is 0 Å².